The molecule has 0 aliphatic carbocycles. The van der Waals surface area contributed by atoms with Gasteiger partial charge in [0.2, 0.25) is 0 Å². The molecule has 0 aromatic carbocycles. The van der Waals surface area contributed by atoms with E-state index in [-0.39, 0.29) is 0 Å². The summed E-state index contributed by atoms with van der Waals surface area (Å²) in [5.41, 5.74) is 1.46. The number of nitrogens with zero attached hydrogens (tertiary/aromatic N) is 1. The number of rotatable bonds is 2. The van der Waals surface area contributed by atoms with Gasteiger partial charge in [0.1, 0.15) is 5.75 Å². The summed E-state index contributed by atoms with van der Waals surface area (Å²) in [5, 5.41) is 0. The predicted molar refractivity (Wildman–Crippen MR) is 35.8 cm³/mol. The first-order chi connectivity index (χ1) is 4.58. The average Bonchev–Trinajstić information content (AvgIpc) is 2.12. The van der Waals surface area contributed by atoms with Gasteiger partial charge in [-0.15, -0.1) is 15.2 Å². The highest BCUT2D eigenvalue weighted by atomic mass is 32.3. The van der Waals surface area contributed by atoms with Crippen LogP contribution >= 0.6 is 11.3 Å². The fourth-order valence-corrected chi connectivity index (χ4v) is 1.97. The average molecular weight is 181 g/mol. The van der Waals surface area contributed by atoms with E-state index in [9.17, 15) is 12.3 Å². The van der Waals surface area contributed by atoms with Crippen molar-refractivity contribution in [3.63, 3.8) is 0 Å². The van der Waals surface area contributed by atoms with Gasteiger partial charge in [-0.1, -0.05) is 0 Å². The van der Waals surface area contributed by atoms with E-state index < -0.39 is 16.0 Å². The van der Waals surface area contributed by atoms with Gasteiger partial charge >= 0.3 is 10.2 Å². The van der Waals surface area contributed by atoms with Gasteiger partial charge in [-0.2, -0.15) is 8.42 Å². The Morgan fingerprint density at radius 1 is 1.70 bits per heavy atom. The van der Waals surface area contributed by atoms with E-state index in [4.69, 9.17) is 0 Å². The maximum atomic E-state index is 11.9. The minimum atomic E-state index is -4.38. The van der Waals surface area contributed by atoms with E-state index in [1.165, 1.54) is 11.7 Å². The van der Waals surface area contributed by atoms with Crippen molar-refractivity contribution in [3.05, 3.63) is 16.6 Å². The summed E-state index contributed by atoms with van der Waals surface area (Å²) in [6, 6.07) is 0. The number of thiazole rings is 1. The first kappa shape index (κ1) is 7.62. The molecule has 0 fully saturated rings. The van der Waals surface area contributed by atoms with E-state index in [0.717, 1.165) is 11.3 Å². The van der Waals surface area contributed by atoms with Crippen molar-refractivity contribution in [2.75, 3.05) is 0 Å². The normalized spacial score (nSPS) is 11.7. The molecule has 0 aliphatic heterocycles. The third kappa shape index (κ3) is 2.40. The van der Waals surface area contributed by atoms with Crippen molar-refractivity contribution in [3.8, 4) is 0 Å². The summed E-state index contributed by atoms with van der Waals surface area (Å²) >= 11 is 1.12. The van der Waals surface area contributed by atoms with E-state index in [0.29, 0.717) is 4.88 Å². The third-order valence-electron chi connectivity index (χ3n) is 0.798. The summed E-state index contributed by atoms with van der Waals surface area (Å²) in [6.45, 7) is 0. The summed E-state index contributed by atoms with van der Waals surface area (Å²) < 4.78 is 31.9. The second-order valence-electron chi connectivity index (χ2n) is 1.65. The van der Waals surface area contributed by atoms with Crippen LogP contribution in [0, 0.1) is 0 Å². The van der Waals surface area contributed by atoms with Gasteiger partial charge in [-0.3, -0.25) is 4.98 Å². The zero-order valence-corrected chi connectivity index (χ0v) is 6.45. The Hall–Kier alpha value is -0.490. The van der Waals surface area contributed by atoms with E-state index in [1.54, 1.807) is 0 Å². The largest absolute Gasteiger partial charge is 0.307 e. The second kappa shape index (κ2) is 2.63. The molecule has 6 heteroatoms. The van der Waals surface area contributed by atoms with Crippen LogP contribution in [-0.4, -0.2) is 13.4 Å². The van der Waals surface area contributed by atoms with Crippen LogP contribution in [0.15, 0.2) is 11.7 Å². The Kier molecular flexibility index (Phi) is 2.00. The van der Waals surface area contributed by atoms with Gasteiger partial charge < -0.3 is 0 Å². The van der Waals surface area contributed by atoms with Gasteiger partial charge in [0.15, 0.2) is 0 Å². The topological polar surface area (TPSA) is 47.0 Å². The van der Waals surface area contributed by atoms with E-state index in [1.807, 2.05) is 0 Å². The lowest BCUT2D eigenvalue weighted by Crippen LogP contribution is -1.92. The summed E-state index contributed by atoms with van der Waals surface area (Å²) in [6.07, 6.45) is 1.34. The molecular weight excluding hydrogens is 177 g/mol. The molecule has 0 atom stereocenters. The van der Waals surface area contributed by atoms with E-state index >= 15 is 0 Å². The molecule has 0 amide bonds. The molecule has 1 aromatic rings. The van der Waals surface area contributed by atoms with Crippen LogP contribution in [0.1, 0.15) is 4.88 Å². The van der Waals surface area contributed by atoms with Crippen LogP contribution in [0.25, 0.3) is 0 Å². The molecule has 1 heterocycles. The van der Waals surface area contributed by atoms with Crippen molar-refractivity contribution >= 4 is 21.6 Å². The summed E-state index contributed by atoms with van der Waals surface area (Å²) in [5.74, 6) is -0.558. The van der Waals surface area contributed by atoms with Crippen LogP contribution in [0.3, 0.4) is 0 Å². The Morgan fingerprint density at radius 2 is 2.40 bits per heavy atom. The molecule has 0 spiro atoms. The Bertz CT molecular complexity index is 291. The van der Waals surface area contributed by atoms with Crippen molar-refractivity contribution in [1.29, 1.82) is 0 Å². The molecule has 0 saturated carbocycles. The molecule has 56 valence electrons. The standard InChI is InChI=1S/C4H4FNO2S2/c5-10(7,8)2-4-1-6-3-9-4/h1,3H,2H2. The fraction of sp³-hybridized carbons (Fsp3) is 0.250. The first-order valence-corrected chi connectivity index (χ1v) is 4.81. The van der Waals surface area contributed by atoms with Gasteiger partial charge in [0.25, 0.3) is 0 Å². The monoisotopic (exact) mass is 181 g/mol. The van der Waals surface area contributed by atoms with Crippen molar-refractivity contribution in [2.45, 2.75) is 5.75 Å². The summed E-state index contributed by atoms with van der Waals surface area (Å²) in [4.78, 5) is 4.01. The van der Waals surface area contributed by atoms with Crippen molar-refractivity contribution in [2.24, 2.45) is 0 Å². The number of aromatic nitrogens is 1. The summed E-state index contributed by atoms with van der Waals surface area (Å²) in [7, 11) is -4.38. The highest BCUT2D eigenvalue weighted by Gasteiger charge is 2.08. The van der Waals surface area contributed by atoms with Crippen molar-refractivity contribution in [1.82, 2.24) is 4.98 Å². The number of halogens is 1. The SMILES string of the molecule is O=S(=O)(F)Cc1cncs1. The lowest BCUT2D eigenvalue weighted by atomic mass is 10.6. The molecule has 0 unspecified atom stereocenters. The lowest BCUT2D eigenvalue weighted by molar-refractivity contribution is 0.551. The molecule has 0 N–H and O–H groups in total. The fourth-order valence-electron chi connectivity index (χ4n) is 0.483. The minimum absolute atomic E-state index is 0.419. The smallest absolute Gasteiger partial charge is 0.253 e. The molecule has 0 radical (unpaired) electrons. The van der Waals surface area contributed by atoms with E-state index in [2.05, 4.69) is 4.98 Å². The minimum Gasteiger partial charge on any atom is -0.253 e. The molecule has 1 aromatic heterocycles. The maximum Gasteiger partial charge on any atom is 0.307 e. The molecular formula is C4H4FNO2S2. The molecule has 0 aliphatic rings. The third-order valence-corrected chi connectivity index (χ3v) is 2.42. The number of hydrogen-bond acceptors (Lipinski definition) is 4. The predicted octanol–water partition coefficient (Wildman–Crippen LogP) is 0.942. The van der Waals surface area contributed by atoms with Crippen LogP contribution in [0.5, 0.6) is 0 Å². The van der Waals surface area contributed by atoms with Crippen LogP contribution in [0.2, 0.25) is 0 Å². The zero-order chi connectivity index (χ0) is 7.61. The molecule has 0 bridgehead atoms. The Morgan fingerprint density at radius 3 is 2.80 bits per heavy atom. The molecule has 3 nitrogen and oxygen atoms in total. The van der Waals surface area contributed by atoms with Gasteiger partial charge in [-0.25, -0.2) is 0 Å². The first-order valence-electron chi connectivity index (χ1n) is 2.37. The van der Waals surface area contributed by atoms with Gasteiger partial charge in [-0.05, 0) is 0 Å². The lowest BCUT2D eigenvalue weighted by Gasteiger charge is -1.85. The Balaban J connectivity index is 2.75. The van der Waals surface area contributed by atoms with Crippen LogP contribution in [0.4, 0.5) is 3.89 Å². The van der Waals surface area contributed by atoms with Gasteiger partial charge in [0.05, 0.1) is 5.51 Å². The maximum absolute atomic E-state index is 11.9. The highest BCUT2D eigenvalue weighted by Crippen LogP contribution is 2.10. The quantitative estimate of drug-likeness (QED) is 0.638. The molecule has 0 saturated heterocycles. The van der Waals surface area contributed by atoms with Crippen LogP contribution < -0.4 is 0 Å². The molecule has 10 heavy (non-hydrogen) atoms. The highest BCUT2D eigenvalue weighted by molar-refractivity contribution is 7.85. The zero-order valence-electron chi connectivity index (χ0n) is 4.82. The van der Waals surface area contributed by atoms with Gasteiger partial charge in [0, 0.05) is 11.1 Å². The Labute approximate surface area is 61.7 Å². The van der Waals surface area contributed by atoms with Crippen molar-refractivity contribution < 1.29 is 12.3 Å². The molecule has 1 rings (SSSR count). The van der Waals surface area contributed by atoms with Crippen LogP contribution in [-0.2, 0) is 16.0 Å². The number of hydrogen-bond donors (Lipinski definition) is 0. The second-order valence-corrected chi connectivity index (χ2v) is 3.99.